The topological polar surface area (TPSA) is 77.0 Å². The van der Waals surface area contributed by atoms with E-state index >= 15 is 0 Å². The van der Waals surface area contributed by atoms with Crippen LogP contribution in [0.15, 0.2) is 0 Å². The smallest absolute Gasteiger partial charge is 0.283 e. The maximum absolute atomic E-state index is 12.0. The van der Waals surface area contributed by atoms with Crippen molar-refractivity contribution in [3.05, 3.63) is 10.4 Å². The van der Waals surface area contributed by atoms with Gasteiger partial charge in [-0.15, -0.1) is 0 Å². The molecule has 0 aromatic carbocycles. The molecule has 0 N–H and O–H groups in total. The summed E-state index contributed by atoms with van der Waals surface area (Å²) in [7, 11) is 1.42. The molecule has 10 heteroatoms. The van der Waals surface area contributed by atoms with Crippen molar-refractivity contribution in [1.82, 2.24) is 15.0 Å². The maximum atomic E-state index is 12.0. The number of hydrogen-bond acceptors (Lipinski definition) is 7. The van der Waals surface area contributed by atoms with Crippen LogP contribution in [0, 0.1) is 0 Å². The van der Waals surface area contributed by atoms with Crippen molar-refractivity contribution in [2.45, 2.75) is 6.92 Å². The van der Waals surface area contributed by atoms with Gasteiger partial charge < -0.3 is 14.4 Å². The van der Waals surface area contributed by atoms with Gasteiger partial charge in [0.25, 0.3) is 5.91 Å². The van der Waals surface area contributed by atoms with Crippen LogP contribution < -0.4 is 9.64 Å². The number of carbonyl (C=O) groups is 1. The van der Waals surface area contributed by atoms with E-state index in [0.29, 0.717) is 38.7 Å². The number of anilines is 1. The van der Waals surface area contributed by atoms with Crippen LogP contribution in [0.1, 0.15) is 6.92 Å². The highest BCUT2D eigenvalue weighted by Gasteiger charge is 2.23. The van der Waals surface area contributed by atoms with Crippen LogP contribution in [0.2, 0.25) is 10.4 Å². The van der Waals surface area contributed by atoms with Crippen LogP contribution in [0.25, 0.3) is 0 Å². The zero-order valence-electron chi connectivity index (χ0n) is 12.9. The number of aromatic nitrogens is 2. The fourth-order valence-corrected chi connectivity index (χ4v) is 2.54. The number of hydroxylamine groups is 2. The molecule has 1 aliphatic heterocycles. The lowest BCUT2D eigenvalue weighted by molar-refractivity contribution is -0.176. The molecule has 1 fully saturated rings. The molecule has 0 unspecified atom stereocenters. The van der Waals surface area contributed by atoms with E-state index in [1.54, 1.807) is 6.92 Å². The van der Waals surface area contributed by atoms with Crippen LogP contribution in [-0.2, 0) is 14.4 Å². The summed E-state index contributed by atoms with van der Waals surface area (Å²) in [5, 5.41) is 1.25. The van der Waals surface area contributed by atoms with Gasteiger partial charge in [-0.3, -0.25) is 9.63 Å². The van der Waals surface area contributed by atoms with Gasteiger partial charge >= 0.3 is 0 Å². The zero-order chi connectivity index (χ0) is 16.8. The predicted octanol–water partition coefficient (Wildman–Crippen LogP) is 1.41. The number of nitrogens with zero attached hydrogens (tertiary/aromatic N) is 4. The fourth-order valence-electron chi connectivity index (χ4n) is 2.11. The van der Waals surface area contributed by atoms with Crippen molar-refractivity contribution in [1.29, 1.82) is 0 Å². The molecule has 0 saturated carbocycles. The summed E-state index contributed by atoms with van der Waals surface area (Å²) in [5.41, 5.74) is 0. The Hall–Kier alpha value is -1.35. The molecule has 23 heavy (non-hydrogen) atoms. The maximum Gasteiger partial charge on any atom is 0.283 e. The second kappa shape index (κ2) is 8.49. The summed E-state index contributed by atoms with van der Waals surface area (Å²) in [6.45, 7) is 4.30. The van der Waals surface area contributed by atoms with Gasteiger partial charge in [0.1, 0.15) is 0 Å². The van der Waals surface area contributed by atoms with E-state index in [4.69, 9.17) is 37.5 Å². The lowest BCUT2D eigenvalue weighted by Gasteiger charge is -2.29. The molecular weight excluding hydrogens is 347 g/mol. The largest absolute Gasteiger partial charge is 0.477 e. The molecule has 0 aliphatic carbocycles. The van der Waals surface area contributed by atoms with Crippen molar-refractivity contribution in [2.75, 3.05) is 51.5 Å². The van der Waals surface area contributed by atoms with Crippen LogP contribution in [0.3, 0.4) is 0 Å². The Morgan fingerprint density at radius 1 is 1.35 bits per heavy atom. The first-order chi connectivity index (χ1) is 11.1. The van der Waals surface area contributed by atoms with Crippen molar-refractivity contribution in [3.63, 3.8) is 0 Å². The van der Waals surface area contributed by atoms with Crippen LogP contribution in [0.4, 0.5) is 5.82 Å². The van der Waals surface area contributed by atoms with Crippen molar-refractivity contribution >= 4 is 34.9 Å². The van der Waals surface area contributed by atoms with Gasteiger partial charge in [0.05, 0.1) is 20.3 Å². The minimum absolute atomic E-state index is 0.0160. The van der Waals surface area contributed by atoms with E-state index < -0.39 is 0 Å². The normalized spacial score (nSPS) is 14.7. The minimum Gasteiger partial charge on any atom is -0.477 e. The number of carbonyl (C=O) groups excluding carboxylic acids is 1. The van der Waals surface area contributed by atoms with E-state index in [-0.39, 0.29) is 28.7 Å². The second-order valence-corrected chi connectivity index (χ2v) is 5.29. The third-order valence-corrected chi connectivity index (χ3v) is 3.64. The molecule has 1 aromatic heterocycles. The predicted molar refractivity (Wildman–Crippen MR) is 85.0 cm³/mol. The van der Waals surface area contributed by atoms with E-state index in [1.165, 1.54) is 12.2 Å². The Balaban J connectivity index is 2.18. The highest BCUT2D eigenvalue weighted by atomic mass is 35.5. The van der Waals surface area contributed by atoms with Gasteiger partial charge in [0, 0.05) is 19.6 Å². The summed E-state index contributed by atoms with van der Waals surface area (Å²) in [6.07, 6.45) is 0. The SMILES string of the molecule is CCN(OC)C(=O)COc1c(Cl)nc(Cl)nc1N1CCOCC1. The molecule has 0 atom stereocenters. The Morgan fingerprint density at radius 2 is 2.04 bits per heavy atom. The fraction of sp³-hybridized carbons (Fsp3) is 0.615. The third kappa shape index (κ3) is 4.57. The molecule has 1 amide bonds. The number of halogens is 2. The molecule has 1 aliphatic rings. The quantitative estimate of drug-likeness (QED) is 0.429. The lowest BCUT2D eigenvalue weighted by Crippen LogP contribution is -2.38. The Bertz CT molecular complexity index is 551. The van der Waals surface area contributed by atoms with Crippen molar-refractivity contribution < 1.29 is 19.1 Å². The van der Waals surface area contributed by atoms with Gasteiger partial charge in [-0.1, -0.05) is 11.6 Å². The standard InChI is InChI=1S/C13H18Cl2N4O4/c1-3-19(21-2)9(20)8-23-10-11(14)16-13(15)17-12(10)18-4-6-22-7-5-18/h3-8H2,1-2H3. The summed E-state index contributed by atoms with van der Waals surface area (Å²) in [5.74, 6) is 0.332. The van der Waals surface area contributed by atoms with Crippen molar-refractivity contribution in [2.24, 2.45) is 0 Å². The molecule has 1 aromatic rings. The van der Waals surface area contributed by atoms with Gasteiger partial charge in [-0.2, -0.15) is 4.98 Å². The van der Waals surface area contributed by atoms with E-state index in [0.717, 1.165) is 0 Å². The number of ether oxygens (including phenoxy) is 2. The molecule has 0 spiro atoms. The molecule has 2 heterocycles. The van der Waals surface area contributed by atoms with E-state index in [1.807, 2.05) is 4.90 Å². The van der Waals surface area contributed by atoms with Gasteiger partial charge in [0.15, 0.2) is 23.3 Å². The molecule has 128 valence electrons. The molecule has 2 rings (SSSR count). The second-order valence-electron chi connectivity index (χ2n) is 4.60. The number of rotatable bonds is 6. The van der Waals surface area contributed by atoms with E-state index in [2.05, 4.69) is 9.97 Å². The number of likely N-dealkylation sites (N-methyl/N-ethyl adjacent to an activating group) is 1. The van der Waals surface area contributed by atoms with Crippen molar-refractivity contribution in [3.8, 4) is 5.75 Å². The number of amides is 1. The average molecular weight is 365 g/mol. The Morgan fingerprint density at radius 3 is 2.65 bits per heavy atom. The lowest BCUT2D eigenvalue weighted by atomic mass is 10.4. The first kappa shape index (κ1) is 18.0. The van der Waals surface area contributed by atoms with Crippen LogP contribution >= 0.6 is 23.2 Å². The molecular formula is C13H18Cl2N4O4. The summed E-state index contributed by atoms with van der Waals surface area (Å²) < 4.78 is 10.9. The Kier molecular flexibility index (Phi) is 6.64. The molecule has 0 bridgehead atoms. The first-order valence-corrected chi connectivity index (χ1v) is 7.85. The number of morpholine rings is 1. The third-order valence-electron chi connectivity index (χ3n) is 3.22. The zero-order valence-corrected chi connectivity index (χ0v) is 14.4. The van der Waals surface area contributed by atoms with Crippen LogP contribution in [0.5, 0.6) is 5.75 Å². The van der Waals surface area contributed by atoms with Gasteiger partial charge in [0.2, 0.25) is 5.28 Å². The first-order valence-electron chi connectivity index (χ1n) is 7.09. The van der Waals surface area contributed by atoms with Gasteiger partial charge in [-0.05, 0) is 18.5 Å². The number of hydrogen-bond donors (Lipinski definition) is 0. The average Bonchev–Trinajstić information content (AvgIpc) is 2.55. The van der Waals surface area contributed by atoms with Gasteiger partial charge in [-0.25, -0.2) is 10.0 Å². The Labute approximate surface area is 144 Å². The molecule has 8 nitrogen and oxygen atoms in total. The summed E-state index contributed by atoms with van der Waals surface area (Å²) >= 11 is 12.0. The highest BCUT2D eigenvalue weighted by Crippen LogP contribution is 2.34. The monoisotopic (exact) mass is 364 g/mol. The van der Waals surface area contributed by atoms with Crippen LogP contribution in [-0.4, -0.2) is 67.5 Å². The van der Waals surface area contributed by atoms with E-state index in [9.17, 15) is 4.79 Å². The molecule has 1 saturated heterocycles. The summed E-state index contributed by atoms with van der Waals surface area (Å²) in [6, 6.07) is 0. The summed E-state index contributed by atoms with van der Waals surface area (Å²) in [4.78, 5) is 26.9. The minimum atomic E-state index is -0.339. The highest BCUT2D eigenvalue weighted by molar-refractivity contribution is 6.33. The molecule has 0 radical (unpaired) electrons.